The van der Waals surface area contributed by atoms with Crippen LogP contribution in [0.2, 0.25) is 0 Å². The second-order valence-corrected chi connectivity index (χ2v) is 9.75. The molecule has 0 aliphatic heterocycles. The molecule has 4 bridgehead atoms. The highest BCUT2D eigenvalue weighted by atomic mass is 16.1. The van der Waals surface area contributed by atoms with Gasteiger partial charge in [-0.15, -0.1) is 0 Å². The molecule has 4 fully saturated rings. The van der Waals surface area contributed by atoms with E-state index in [9.17, 15) is 10.1 Å². The predicted octanol–water partition coefficient (Wildman–Crippen LogP) is 4.95. The number of amides is 1. The number of nitrogens with zero attached hydrogens (tertiary/aromatic N) is 2. The highest BCUT2D eigenvalue weighted by Gasteiger charge is 2.53. The number of benzene rings is 1. The number of carbonyl (C=O) groups excluding carboxylic acids is 1. The zero-order valence-electron chi connectivity index (χ0n) is 17.9. The fourth-order valence-corrected chi connectivity index (χ4v) is 6.58. The molecule has 4 heteroatoms. The zero-order valence-corrected chi connectivity index (χ0v) is 17.9. The van der Waals surface area contributed by atoms with Crippen LogP contribution in [0.5, 0.6) is 0 Å². The lowest BCUT2D eigenvalue weighted by Crippen LogP contribution is -2.56. The lowest BCUT2D eigenvalue weighted by Gasteiger charge is -2.59. The van der Waals surface area contributed by atoms with Crippen LogP contribution in [0.1, 0.15) is 57.9 Å². The SMILES string of the molecule is CCN(/C=C(/C#N)C(=O)NC(C)C12CC3CC(CC(C3)C1)C2)c1cccc(C)c1. The number of anilines is 1. The molecule has 29 heavy (non-hydrogen) atoms. The molecule has 0 spiro atoms. The van der Waals surface area contributed by atoms with Crippen LogP contribution in [0.25, 0.3) is 0 Å². The zero-order chi connectivity index (χ0) is 20.6. The van der Waals surface area contributed by atoms with Crippen LogP contribution < -0.4 is 10.2 Å². The van der Waals surface area contributed by atoms with Crippen molar-refractivity contribution in [1.29, 1.82) is 5.26 Å². The summed E-state index contributed by atoms with van der Waals surface area (Å²) in [5, 5.41) is 12.9. The molecule has 4 aliphatic rings. The molecule has 4 aliphatic carbocycles. The Kier molecular flexibility index (Phi) is 5.42. The fraction of sp³-hybridized carbons (Fsp3) is 0.600. The van der Waals surface area contributed by atoms with E-state index >= 15 is 0 Å². The number of aryl methyl sites for hydroxylation is 1. The lowest BCUT2D eigenvalue weighted by molar-refractivity contribution is -0.122. The molecule has 154 valence electrons. The Labute approximate surface area is 175 Å². The van der Waals surface area contributed by atoms with E-state index in [2.05, 4.69) is 24.4 Å². The van der Waals surface area contributed by atoms with Gasteiger partial charge < -0.3 is 10.2 Å². The summed E-state index contributed by atoms with van der Waals surface area (Å²) in [4.78, 5) is 15.0. The smallest absolute Gasteiger partial charge is 0.263 e. The molecule has 0 heterocycles. The molecule has 0 saturated heterocycles. The molecule has 1 amide bonds. The topological polar surface area (TPSA) is 56.1 Å². The van der Waals surface area contributed by atoms with Gasteiger partial charge in [-0.1, -0.05) is 12.1 Å². The van der Waals surface area contributed by atoms with Gasteiger partial charge >= 0.3 is 0 Å². The number of hydrogen-bond acceptors (Lipinski definition) is 3. The maximum absolute atomic E-state index is 13.0. The van der Waals surface area contributed by atoms with Crippen LogP contribution >= 0.6 is 0 Å². The molecule has 1 N–H and O–H groups in total. The number of nitriles is 1. The number of hydrogen-bond donors (Lipinski definition) is 1. The van der Waals surface area contributed by atoms with Gasteiger partial charge in [0, 0.05) is 24.5 Å². The first kappa shape index (κ1) is 20.0. The summed E-state index contributed by atoms with van der Waals surface area (Å²) in [5.41, 5.74) is 2.59. The van der Waals surface area contributed by atoms with Crippen LogP contribution in [0.4, 0.5) is 5.69 Å². The number of carbonyl (C=O) groups is 1. The number of rotatable bonds is 6. The molecule has 5 rings (SSSR count). The average molecular weight is 392 g/mol. The first-order chi connectivity index (χ1) is 13.9. The normalized spacial score (nSPS) is 31.2. The molecule has 1 unspecified atom stereocenters. The van der Waals surface area contributed by atoms with E-state index in [1.807, 2.05) is 36.9 Å². The molecule has 1 aromatic carbocycles. The van der Waals surface area contributed by atoms with E-state index in [0.717, 1.165) is 29.0 Å². The fourth-order valence-electron chi connectivity index (χ4n) is 6.58. The van der Waals surface area contributed by atoms with Gasteiger partial charge in [-0.3, -0.25) is 4.79 Å². The third-order valence-corrected chi connectivity index (χ3v) is 7.68. The Morgan fingerprint density at radius 2 is 1.90 bits per heavy atom. The van der Waals surface area contributed by atoms with Crippen LogP contribution in [0.15, 0.2) is 36.0 Å². The van der Waals surface area contributed by atoms with Gasteiger partial charge in [0.2, 0.25) is 0 Å². The van der Waals surface area contributed by atoms with Gasteiger partial charge in [-0.2, -0.15) is 5.26 Å². The quantitative estimate of drug-likeness (QED) is 0.551. The van der Waals surface area contributed by atoms with Gasteiger partial charge in [-0.25, -0.2) is 0 Å². The minimum atomic E-state index is -0.234. The maximum Gasteiger partial charge on any atom is 0.263 e. The molecular formula is C25H33N3O. The van der Waals surface area contributed by atoms with Gasteiger partial charge in [0.25, 0.3) is 5.91 Å². The second kappa shape index (κ2) is 7.86. The standard InChI is InChI=1S/C25H33N3O/c1-4-28(23-7-5-6-17(2)8-23)16-22(15-26)24(29)27-18(3)25-12-19-9-20(13-25)11-21(10-19)14-25/h5-8,16,18-21H,4,9-14H2,1-3H3,(H,27,29)/b22-16-. The van der Waals surface area contributed by atoms with Gasteiger partial charge in [0.15, 0.2) is 0 Å². The van der Waals surface area contributed by atoms with Crippen LogP contribution in [-0.4, -0.2) is 18.5 Å². The third kappa shape index (κ3) is 3.92. The van der Waals surface area contributed by atoms with E-state index in [-0.39, 0.29) is 22.9 Å². The van der Waals surface area contributed by atoms with Gasteiger partial charge in [0.1, 0.15) is 11.6 Å². The summed E-state index contributed by atoms with van der Waals surface area (Å²) >= 11 is 0. The van der Waals surface area contributed by atoms with E-state index < -0.39 is 0 Å². The van der Waals surface area contributed by atoms with E-state index in [4.69, 9.17) is 0 Å². The van der Waals surface area contributed by atoms with Crippen LogP contribution in [0.3, 0.4) is 0 Å². The summed E-state index contributed by atoms with van der Waals surface area (Å²) in [6, 6.07) is 10.4. The van der Waals surface area contributed by atoms with Crippen molar-refractivity contribution in [2.24, 2.45) is 23.2 Å². The van der Waals surface area contributed by atoms with Crippen molar-refractivity contribution in [3.05, 3.63) is 41.6 Å². The van der Waals surface area contributed by atoms with Crippen molar-refractivity contribution >= 4 is 11.6 Å². The number of nitrogens with one attached hydrogen (secondary N) is 1. The molecule has 0 radical (unpaired) electrons. The van der Waals surface area contributed by atoms with Gasteiger partial charge in [0.05, 0.1) is 0 Å². The molecule has 4 nitrogen and oxygen atoms in total. The molecule has 4 saturated carbocycles. The predicted molar refractivity (Wildman–Crippen MR) is 116 cm³/mol. The molecule has 1 aromatic rings. The van der Waals surface area contributed by atoms with Crippen molar-refractivity contribution in [3.63, 3.8) is 0 Å². The van der Waals surface area contributed by atoms with Crippen molar-refractivity contribution in [2.45, 2.75) is 65.3 Å². The summed E-state index contributed by atoms with van der Waals surface area (Å²) in [5.74, 6) is 2.32. The molecule has 1 atom stereocenters. The van der Waals surface area contributed by atoms with E-state index in [1.54, 1.807) is 6.20 Å². The van der Waals surface area contributed by atoms with Crippen LogP contribution in [0, 0.1) is 41.4 Å². The van der Waals surface area contributed by atoms with E-state index in [1.165, 1.54) is 38.5 Å². The second-order valence-electron chi connectivity index (χ2n) is 9.75. The lowest BCUT2D eigenvalue weighted by atomic mass is 9.48. The van der Waals surface area contributed by atoms with Crippen molar-refractivity contribution in [1.82, 2.24) is 5.32 Å². The van der Waals surface area contributed by atoms with Crippen molar-refractivity contribution in [3.8, 4) is 6.07 Å². The Balaban J connectivity index is 1.49. The highest BCUT2D eigenvalue weighted by molar-refractivity contribution is 5.97. The molecule has 0 aromatic heterocycles. The largest absolute Gasteiger partial charge is 0.348 e. The Morgan fingerprint density at radius 1 is 1.28 bits per heavy atom. The van der Waals surface area contributed by atoms with Crippen LogP contribution in [-0.2, 0) is 4.79 Å². The van der Waals surface area contributed by atoms with Crippen molar-refractivity contribution < 1.29 is 4.79 Å². The first-order valence-electron chi connectivity index (χ1n) is 11.2. The highest BCUT2D eigenvalue weighted by Crippen LogP contribution is 2.61. The maximum atomic E-state index is 13.0. The Hall–Kier alpha value is -2.28. The summed E-state index contributed by atoms with van der Waals surface area (Å²) in [6.45, 7) is 6.94. The summed E-state index contributed by atoms with van der Waals surface area (Å²) < 4.78 is 0. The van der Waals surface area contributed by atoms with Gasteiger partial charge in [-0.05, 0) is 100 Å². The van der Waals surface area contributed by atoms with E-state index in [0.29, 0.717) is 6.54 Å². The van der Waals surface area contributed by atoms with Crippen molar-refractivity contribution in [2.75, 3.05) is 11.4 Å². The monoisotopic (exact) mass is 391 g/mol. The summed E-state index contributed by atoms with van der Waals surface area (Å²) in [7, 11) is 0. The molecular weight excluding hydrogens is 358 g/mol. The minimum absolute atomic E-state index is 0.120. The Morgan fingerprint density at radius 3 is 2.41 bits per heavy atom. The summed E-state index contributed by atoms with van der Waals surface area (Å²) in [6.07, 6.45) is 9.63. The third-order valence-electron chi connectivity index (χ3n) is 7.68. The Bertz CT molecular complexity index is 815. The first-order valence-corrected chi connectivity index (χ1v) is 11.2. The average Bonchev–Trinajstić information content (AvgIpc) is 2.67. The minimum Gasteiger partial charge on any atom is -0.348 e.